The van der Waals surface area contributed by atoms with E-state index >= 15 is 0 Å². The number of aliphatic hydroxyl groups is 1. The molecular formula is C20H19Cl2FN4O3S. The Labute approximate surface area is 190 Å². The number of aliphatic hydroxyl groups excluding tert-OH is 1. The van der Waals surface area contributed by atoms with E-state index in [2.05, 4.69) is 20.7 Å². The van der Waals surface area contributed by atoms with Crippen molar-refractivity contribution >= 4 is 39.9 Å². The molecule has 3 rings (SSSR count). The van der Waals surface area contributed by atoms with Gasteiger partial charge < -0.3 is 10.4 Å². The SMILES string of the molecule is O=C(NC(CF)C(O)c1ccc(-c2ccc(CS(=O)c3cn[nH]n3)cc2)cc1)C(Cl)Cl. The van der Waals surface area contributed by atoms with Crippen LogP contribution in [0.2, 0.25) is 0 Å². The van der Waals surface area contributed by atoms with Crippen LogP contribution in [0.15, 0.2) is 59.8 Å². The van der Waals surface area contributed by atoms with E-state index in [9.17, 15) is 18.5 Å². The van der Waals surface area contributed by atoms with E-state index in [-0.39, 0.29) is 0 Å². The molecule has 3 unspecified atom stereocenters. The van der Waals surface area contributed by atoms with E-state index in [1.807, 2.05) is 24.3 Å². The molecule has 3 atom stereocenters. The average Bonchev–Trinajstić information content (AvgIpc) is 3.32. The molecule has 7 nitrogen and oxygen atoms in total. The molecule has 0 fully saturated rings. The molecule has 0 aliphatic heterocycles. The van der Waals surface area contributed by atoms with Crippen molar-refractivity contribution in [1.82, 2.24) is 20.7 Å². The molecule has 0 saturated heterocycles. The zero-order valence-electron chi connectivity index (χ0n) is 16.0. The van der Waals surface area contributed by atoms with Crippen LogP contribution in [0.25, 0.3) is 11.1 Å². The molecule has 0 aliphatic rings. The summed E-state index contributed by atoms with van der Waals surface area (Å²) in [6.45, 7) is -0.980. The number of aromatic nitrogens is 3. The summed E-state index contributed by atoms with van der Waals surface area (Å²) in [6, 6.07) is 13.2. The van der Waals surface area contributed by atoms with Gasteiger partial charge in [-0.3, -0.25) is 9.00 Å². The highest BCUT2D eigenvalue weighted by Gasteiger charge is 2.25. The number of benzene rings is 2. The van der Waals surface area contributed by atoms with E-state index in [0.717, 1.165) is 16.7 Å². The first-order valence-corrected chi connectivity index (χ1v) is 11.3. The van der Waals surface area contributed by atoms with E-state index in [4.69, 9.17) is 23.2 Å². The lowest BCUT2D eigenvalue weighted by atomic mass is 9.98. The van der Waals surface area contributed by atoms with Crippen molar-refractivity contribution in [1.29, 1.82) is 0 Å². The Morgan fingerprint density at radius 3 is 2.26 bits per heavy atom. The molecule has 0 spiro atoms. The number of hydrogen-bond acceptors (Lipinski definition) is 5. The van der Waals surface area contributed by atoms with Crippen molar-refractivity contribution in [3.63, 3.8) is 0 Å². The highest BCUT2D eigenvalue weighted by Crippen LogP contribution is 2.25. The van der Waals surface area contributed by atoms with Crippen molar-refractivity contribution in [2.24, 2.45) is 0 Å². The topological polar surface area (TPSA) is 108 Å². The number of H-pyrrole nitrogens is 1. The Morgan fingerprint density at radius 1 is 1.13 bits per heavy atom. The zero-order valence-corrected chi connectivity index (χ0v) is 18.4. The summed E-state index contributed by atoms with van der Waals surface area (Å²) in [6.07, 6.45) is 0.173. The summed E-state index contributed by atoms with van der Waals surface area (Å²) >= 11 is 10.9. The first-order valence-electron chi connectivity index (χ1n) is 9.15. The van der Waals surface area contributed by atoms with Gasteiger partial charge in [-0.15, -0.1) is 5.10 Å². The minimum absolute atomic E-state index is 0.319. The maximum Gasteiger partial charge on any atom is 0.253 e. The fourth-order valence-corrected chi connectivity index (χ4v) is 3.95. The largest absolute Gasteiger partial charge is 0.386 e. The minimum atomic E-state index is -1.35. The molecule has 31 heavy (non-hydrogen) atoms. The maximum absolute atomic E-state index is 13.3. The highest BCUT2D eigenvalue weighted by molar-refractivity contribution is 7.84. The average molecular weight is 485 g/mol. The first kappa shape index (κ1) is 23.3. The van der Waals surface area contributed by atoms with Gasteiger partial charge in [0.1, 0.15) is 12.8 Å². The molecule has 11 heteroatoms. The van der Waals surface area contributed by atoms with Gasteiger partial charge in [0.15, 0.2) is 9.86 Å². The van der Waals surface area contributed by atoms with Gasteiger partial charge in [-0.25, -0.2) is 4.39 Å². The fraction of sp³-hybridized carbons (Fsp3) is 0.250. The van der Waals surface area contributed by atoms with Crippen LogP contribution in [0, 0.1) is 0 Å². The molecule has 164 valence electrons. The standard InChI is InChI=1S/C20H19Cl2FN4O3S/c21-19(22)20(29)25-16(9-23)18(28)15-7-5-14(6-8-15)13-3-1-12(2-4-13)11-31(30)17-10-24-27-26-17/h1-8,10,16,18-19,28H,9,11H2,(H,25,29)(H,24,26,27). The van der Waals surface area contributed by atoms with Crippen LogP contribution in [0.1, 0.15) is 17.2 Å². The number of amides is 1. The van der Waals surface area contributed by atoms with Gasteiger partial charge in [0, 0.05) is 0 Å². The van der Waals surface area contributed by atoms with E-state index in [1.54, 1.807) is 24.3 Å². The summed E-state index contributed by atoms with van der Waals surface area (Å²) in [5, 5.41) is 23.0. The number of alkyl halides is 3. The minimum Gasteiger partial charge on any atom is -0.386 e. The van der Waals surface area contributed by atoms with Gasteiger partial charge in [0.05, 0.1) is 28.8 Å². The van der Waals surface area contributed by atoms with Crippen molar-refractivity contribution in [2.45, 2.75) is 27.8 Å². The number of nitrogens with zero attached hydrogens (tertiary/aromatic N) is 2. The normalized spacial score (nSPS) is 14.2. The van der Waals surface area contributed by atoms with Gasteiger partial charge in [-0.2, -0.15) is 10.3 Å². The van der Waals surface area contributed by atoms with Crippen LogP contribution >= 0.6 is 23.2 Å². The summed E-state index contributed by atoms with van der Waals surface area (Å²) in [4.78, 5) is 10.2. The van der Waals surface area contributed by atoms with Crippen LogP contribution in [0.5, 0.6) is 0 Å². The summed E-state index contributed by atoms with van der Waals surface area (Å²) < 4.78 is 25.5. The van der Waals surface area contributed by atoms with Crippen LogP contribution < -0.4 is 5.32 Å². The van der Waals surface area contributed by atoms with Gasteiger partial charge in [-0.1, -0.05) is 71.7 Å². The molecule has 3 N–H and O–H groups in total. The number of carbonyl (C=O) groups is 1. The molecule has 1 amide bonds. The molecule has 1 heterocycles. The van der Waals surface area contributed by atoms with Crippen LogP contribution in [-0.4, -0.2) is 48.2 Å². The number of hydrogen-bond donors (Lipinski definition) is 3. The molecule has 3 aromatic rings. The number of halogens is 3. The number of carbonyl (C=O) groups excluding carboxylic acids is 1. The number of rotatable bonds is 9. The highest BCUT2D eigenvalue weighted by atomic mass is 35.5. The summed E-state index contributed by atoms with van der Waals surface area (Å²) in [5.74, 6) is -0.453. The lowest BCUT2D eigenvalue weighted by Gasteiger charge is -2.22. The Hall–Kier alpha value is -2.33. The smallest absolute Gasteiger partial charge is 0.253 e. The van der Waals surface area contributed by atoms with Crippen molar-refractivity contribution in [3.8, 4) is 11.1 Å². The predicted molar refractivity (Wildman–Crippen MR) is 117 cm³/mol. The summed E-state index contributed by atoms with van der Waals surface area (Å²) in [5.41, 5.74) is 3.12. The number of aromatic amines is 1. The third kappa shape index (κ3) is 6.10. The lowest BCUT2D eigenvalue weighted by molar-refractivity contribution is -0.121. The van der Waals surface area contributed by atoms with Gasteiger partial charge >= 0.3 is 0 Å². The Morgan fingerprint density at radius 2 is 1.74 bits per heavy atom. The molecule has 0 radical (unpaired) electrons. The van der Waals surface area contributed by atoms with E-state index in [1.165, 1.54) is 6.20 Å². The predicted octanol–water partition coefficient (Wildman–Crippen LogP) is 3.07. The first-order chi connectivity index (χ1) is 14.9. The van der Waals surface area contributed by atoms with Crippen molar-refractivity contribution in [2.75, 3.05) is 6.67 Å². The maximum atomic E-state index is 13.3. The molecule has 0 saturated carbocycles. The molecule has 0 aliphatic carbocycles. The third-order valence-corrected chi connectivity index (χ3v) is 6.19. The van der Waals surface area contributed by atoms with E-state index < -0.39 is 40.4 Å². The molecule has 2 aromatic carbocycles. The van der Waals surface area contributed by atoms with Gasteiger partial charge in [-0.05, 0) is 22.3 Å². The second-order valence-electron chi connectivity index (χ2n) is 6.63. The Bertz CT molecular complexity index is 1020. The van der Waals surface area contributed by atoms with Gasteiger partial charge in [0.2, 0.25) is 0 Å². The molecule has 1 aromatic heterocycles. The van der Waals surface area contributed by atoms with Crippen LogP contribution in [-0.2, 0) is 21.3 Å². The lowest BCUT2D eigenvalue weighted by Crippen LogP contribution is -2.43. The van der Waals surface area contributed by atoms with Crippen molar-refractivity contribution in [3.05, 3.63) is 65.9 Å². The fourth-order valence-electron chi connectivity index (χ4n) is 2.87. The monoisotopic (exact) mass is 484 g/mol. The summed E-state index contributed by atoms with van der Waals surface area (Å²) in [7, 11) is -1.29. The zero-order chi connectivity index (χ0) is 22.4. The van der Waals surface area contributed by atoms with Crippen LogP contribution in [0.4, 0.5) is 4.39 Å². The van der Waals surface area contributed by atoms with Crippen molar-refractivity contribution < 1.29 is 18.5 Å². The second kappa shape index (κ2) is 10.8. The number of nitrogens with one attached hydrogen (secondary N) is 2. The second-order valence-corrected chi connectivity index (χ2v) is 9.13. The Kier molecular flexibility index (Phi) is 8.14. The molecule has 0 bridgehead atoms. The van der Waals surface area contributed by atoms with Gasteiger partial charge in [0.25, 0.3) is 5.91 Å². The van der Waals surface area contributed by atoms with E-state index in [0.29, 0.717) is 16.3 Å². The van der Waals surface area contributed by atoms with Crippen LogP contribution in [0.3, 0.4) is 0 Å². The third-order valence-electron chi connectivity index (χ3n) is 4.54. The Balaban J connectivity index is 1.66. The molecular weight excluding hydrogens is 466 g/mol. The quantitative estimate of drug-likeness (QED) is 0.404.